The van der Waals surface area contributed by atoms with Crippen molar-refractivity contribution in [2.24, 2.45) is 10.3 Å². The van der Waals surface area contributed by atoms with Crippen molar-refractivity contribution in [2.75, 3.05) is 19.9 Å². The number of sulfone groups is 1. The number of oxime groups is 1. The molecule has 3 rings (SSSR count). The summed E-state index contributed by atoms with van der Waals surface area (Å²) >= 11 is 9.91. The van der Waals surface area contributed by atoms with Crippen LogP contribution in [-0.2, 0) is 19.5 Å². The first-order valence-electron chi connectivity index (χ1n) is 7.15. The molecule has 0 saturated heterocycles. The largest absolute Gasteiger partial charge is 0.395 e. The van der Waals surface area contributed by atoms with Crippen LogP contribution in [0.4, 0.5) is 0 Å². The fourth-order valence-electron chi connectivity index (χ4n) is 2.51. The maximum absolute atomic E-state index is 12.1. The third kappa shape index (κ3) is 3.23. The Kier molecular flexibility index (Phi) is 4.74. The Bertz CT molecular complexity index is 969. The van der Waals surface area contributed by atoms with Crippen LogP contribution in [0.2, 0.25) is 5.02 Å². The SMILES string of the molecule is CN1N=C/C(=C(\Br)c2ccc(S(C)(=O)=O)c(C3=NOCC3)c2Cl)C1=O. The van der Waals surface area contributed by atoms with Crippen LogP contribution in [0.5, 0.6) is 0 Å². The first-order valence-corrected chi connectivity index (χ1v) is 10.2. The first-order chi connectivity index (χ1) is 11.7. The molecule has 0 saturated carbocycles. The molecule has 25 heavy (non-hydrogen) atoms. The van der Waals surface area contributed by atoms with E-state index in [0.29, 0.717) is 39.9 Å². The highest BCUT2D eigenvalue weighted by Gasteiger charge is 2.28. The van der Waals surface area contributed by atoms with Crippen LogP contribution in [0.15, 0.2) is 32.9 Å². The lowest BCUT2D eigenvalue weighted by Crippen LogP contribution is -2.17. The Morgan fingerprint density at radius 3 is 2.64 bits per heavy atom. The highest BCUT2D eigenvalue weighted by atomic mass is 79.9. The summed E-state index contributed by atoms with van der Waals surface area (Å²) in [5.74, 6) is -0.293. The van der Waals surface area contributed by atoms with Crippen molar-refractivity contribution >= 4 is 59.7 Å². The van der Waals surface area contributed by atoms with Crippen LogP contribution in [-0.4, -0.2) is 51.2 Å². The van der Waals surface area contributed by atoms with Gasteiger partial charge in [0.15, 0.2) is 9.84 Å². The lowest BCUT2D eigenvalue weighted by molar-refractivity contribution is -0.124. The summed E-state index contributed by atoms with van der Waals surface area (Å²) in [6.45, 7) is 0.358. The van der Waals surface area contributed by atoms with E-state index in [1.54, 1.807) is 6.07 Å². The Balaban J connectivity index is 2.25. The highest BCUT2D eigenvalue weighted by molar-refractivity contribution is 9.15. The Labute approximate surface area is 158 Å². The van der Waals surface area contributed by atoms with E-state index in [-0.39, 0.29) is 15.8 Å². The number of amides is 1. The van der Waals surface area contributed by atoms with Gasteiger partial charge in [0.2, 0.25) is 0 Å². The van der Waals surface area contributed by atoms with Gasteiger partial charge in [0.05, 0.1) is 27.4 Å². The number of carbonyl (C=O) groups excluding carboxylic acids is 1. The Morgan fingerprint density at radius 2 is 2.12 bits per heavy atom. The predicted molar refractivity (Wildman–Crippen MR) is 98.8 cm³/mol. The molecule has 2 aliphatic rings. The van der Waals surface area contributed by atoms with Gasteiger partial charge in [-0.1, -0.05) is 22.8 Å². The van der Waals surface area contributed by atoms with Gasteiger partial charge >= 0.3 is 0 Å². The van der Waals surface area contributed by atoms with E-state index < -0.39 is 9.84 Å². The van der Waals surface area contributed by atoms with Crippen LogP contribution >= 0.6 is 27.5 Å². The average molecular weight is 447 g/mol. The van der Waals surface area contributed by atoms with Crippen molar-refractivity contribution in [2.45, 2.75) is 11.3 Å². The summed E-state index contributed by atoms with van der Waals surface area (Å²) in [4.78, 5) is 17.2. The van der Waals surface area contributed by atoms with Gasteiger partial charge in [-0.2, -0.15) is 5.10 Å². The summed E-state index contributed by atoms with van der Waals surface area (Å²) < 4.78 is 24.7. The van der Waals surface area contributed by atoms with E-state index in [1.165, 1.54) is 24.3 Å². The molecule has 2 heterocycles. The zero-order chi connectivity index (χ0) is 18.4. The van der Waals surface area contributed by atoms with Gasteiger partial charge in [0, 0.05) is 35.3 Å². The number of hydrogen-bond donors (Lipinski definition) is 0. The minimum absolute atomic E-state index is 0.0688. The second-order valence-electron chi connectivity index (χ2n) is 5.49. The molecule has 0 atom stereocenters. The van der Waals surface area contributed by atoms with Gasteiger partial charge in [0.1, 0.15) is 6.61 Å². The molecular weight excluding hydrogens is 434 g/mol. The van der Waals surface area contributed by atoms with Gasteiger partial charge in [-0.25, -0.2) is 13.4 Å². The zero-order valence-corrected chi connectivity index (χ0v) is 16.4. The lowest BCUT2D eigenvalue weighted by atomic mass is 10.0. The number of carbonyl (C=O) groups is 1. The summed E-state index contributed by atoms with van der Waals surface area (Å²) in [6, 6.07) is 3.00. The Morgan fingerprint density at radius 1 is 1.40 bits per heavy atom. The van der Waals surface area contributed by atoms with Crippen LogP contribution in [0, 0.1) is 0 Å². The lowest BCUT2D eigenvalue weighted by Gasteiger charge is -2.14. The molecule has 2 aliphatic heterocycles. The van der Waals surface area contributed by atoms with Gasteiger partial charge < -0.3 is 4.84 Å². The molecule has 0 spiro atoms. The molecular formula is C15H13BrClN3O4S. The number of likely N-dealkylation sites (N-methyl/N-ethyl adjacent to an activating group) is 1. The molecule has 0 aromatic heterocycles. The maximum Gasteiger partial charge on any atom is 0.276 e. The number of halogens is 2. The quantitative estimate of drug-likeness (QED) is 0.667. The van der Waals surface area contributed by atoms with Crippen LogP contribution < -0.4 is 0 Å². The first kappa shape index (κ1) is 18.1. The van der Waals surface area contributed by atoms with E-state index in [1.807, 2.05) is 0 Å². The molecule has 1 aromatic carbocycles. The van der Waals surface area contributed by atoms with Crippen molar-refractivity contribution in [1.29, 1.82) is 0 Å². The molecule has 0 N–H and O–H groups in total. The summed E-state index contributed by atoms with van der Waals surface area (Å²) in [6.07, 6.45) is 2.97. The molecule has 0 bridgehead atoms. The number of hydrogen-bond acceptors (Lipinski definition) is 6. The van der Waals surface area contributed by atoms with E-state index >= 15 is 0 Å². The minimum atomic E-state index is -3.53. The molecule has 0 radical (unpaired) electrons. The van der Waals surface area contributed by atoms with Crippen LogP contribution in [0.25, 0.3) is 4.48 Å². The smallest absolute Gasteiger partial charge is 0.276 e. The number of benzene rings is 1. The standard InChI is InChI=1S/C15H13BrClN3O4S/c1-20-15(21)9(7-18-20)13(16)8-3-4-11(25(2,22)23)12(14(8)17)10-5-6-24-19-10/h3-4,7H,5-6H2,1-2H3/b13-9+. The Hall–Kier alpha value is -1.71. The monoisotopic (exact) mass is 445 g/mol. The second kappa shape index (κ2) is 6.54. The topological polar surface area (TPSA) is 88.4 Å². The molecule has 1 amide bonds. The second-order valence-corrected chi connectivity index (χ2v) is 8.65. The van der Waals surface area contributed by atoms with Crippen LogP contribution in [0.1, 0.15) is 17.5 Å². The molecule has 0 unspecified atom stereocenters. The van der Waals surface area contributed by atoms with Crippen molar-refractivity contribution < 1.29 is 18.0 Å². The summed E-state index contributed by atoms with van der Waals surface area (Å²) in [5.41, 5.74) is 1.56. The molecule has 1 aromatic rings. The minimum Gasteiger partial charge on any atom is -0.395 e. The summed E-state index contributed by atoms with van der Waals surface area (Å²) in [7, 11) is -1.99. The van der Waals surface area contributed by atoms with Gasteiger partial charge in [-0.3, -0.25) is 4.79 Å². The van der Waals surface area contributed by atoms with Crippen molar-refractivity contribution in [3.63, 3.8) is 0 Å². The molecule has 132 valence electrons. The van der Waals surface area contributed by atoms with Crippen molar-refractivity contribution in [3.8, 4) is 0 Å². The van der Waals surface area contributed by atoms with E-state index in [2.05, 4.69) is 26.2 Å². The number of hydrazone groups is 1. The fourth-order valence-corrected chi connectivity index (χ4v) is 4.56. The molecule has 7 nitrogen and oxygen atoms in total. The molecule has 0 fully saturated rings. The normalized spacial score (nSPS) is 19.3. The predicted octanol–water partition coefficient (Wildman–Crippen LogP) is 2.43. The average Bonchev–Trinajstić information content (AvgIpc) is 3.17. The molecule has 10 heteroatoms. The molecule has 0 aliphatic carbocycles. The van der Waals surface area contributed by atoms with E-state index in [9.17, 15) is 13.2 Å². The fraction of sp³-hybridized carbons (Fsp3) is 0.267. The summed E-state index contributed by atoms with van der Waals surface area (Å²) in [5, 5.41) is 9.20. The third-order valence-electron chi connectivity index (χ3n) is 3.75. The van der Waals surface area contributed by atoms with E-state index in [0.717, 1.165) is 6.26 Å². The number of nitrogens with zero attached hydrogens (tertiary/aromatic N) is 3. The van der Waals surface area contributed by atoms with E-state index in [4.69, 9.17) is 16.4 Å². The zero-order valence-electron chi connectivity index (χ0n) is 13.3. The number of rotatable bonds is 3. The van der Waals surface area contributed by atoms with Crippen molar-refractivity contribution in [1.82, 2.24) is 5.01 Å². The van der Waals surface area contributed by atoms with Crippen molar-refractivity contribution in [3.05, 3.63) is 33.9 Å². The third-order valence-corrected chi connectivity index (χ3v) is 6.14. The van der Waals surface area contributed by atoms with Gasteiger partial charge in [0.25, 0.3) is 5.91 Å². The van der Waals surface area contributed by atoms with Gasteiger partial charge in [-0.15, -0.1) is 0 Å². The maximum atomic E-state index is 12.1. The van der Waals surface area contributed by atoms with Gasteiger partial charge in [-0.05, 0) is 22.0 Å². The highest BCUT2D eigenvalue weighted by Crippen LogP contribution is 2.38. The van der Waals surface area contributed by atoms with Crippen LogP contribution in [0.3, 0.4) is 0 Å².